The number of hydrogen-bond acceptors (Lipinski definition) is 4. The molecule has 5 nitrogen and oxygen atoms in total. The van der Waals surface area contributed by atoms with Crippen molar-refractivity contribution in [1.29, 1.82) is 0 Å². The number of rotatable bonds is 7. The van der Waals surface area contributed by atoms with Gasteiger partial charge in [0.25, 0.3) is 5.91 Å². The van der Waals surface area contributed by atoms with E-state index < -0.39 is 0 Å². The predicted molar refractivity (Wildman–Crippen MR) is 73.1 cm³/mol. The van der Waals surface area contributed by atoms with Crippen LogP contribution >= 0.6 is 0 Å². The molecule has 1 aromatic heterocycles. The number of hydrazine groups is 1. The first-order valence-electron chi connectivity index (χ1n) is 6.41. The van der Waals surface area contributed by atoms with Gasteiger partial charge in [-0.05, 0) is 25.5 Å². The Balaban J connectivity index is 2.43. The van der Waals surface area contributed by atoms with E-state index in [-0.39, 0.29) is 11.9 Å². The number of nitrogens with zero attached hydrogens (tertiary/aromatic N) is 1. The van der Waals surface area contributed by atoms with Gasteiger partial charge in [0.2, 0.25) is 0 Å². The number of nitrogens with two attached hydrogens (primary N) is 1. The molecule has 1 heterocycles. The Bertz CT molecular complexity index is 364. The zero-order valence-electron chi connectivity index (χ0n) is 11.1. The SMILES string of the molecule is CCCCCC(C)NC(=O)c1ccc(NN)cn1. The Kier molecular flexibility index (Phi) is 6.14. The molecule has 1 atom stereocenters. The molecule has 0 radical (unpaired) electrons. The monoisotopic (exact) mass is 250 g/mol. The molecule has 4 N–H and O–H groups in total. The van der Waals surface area contributed by atoms with Gasteiger partial charge in [0, 0.05) is 6.04 Å². The number of hydrogen-bond donors (Lipinski definition) is 3. The second kappa shape index (κ2) is 7.66. The number of pyridine rings is 1. The molecule has 5 heteroatoms. The summed E-state index contributed by atoms with van der Waals surface area (Å²) < 4.78 is 0. The summed E-state index contributed by atoms with van der Waals surface area (Å²) >= 11 is 0. The Morgan fingerprint density at radius 3 is 2.78 bits per heavy atom. The fraction of sp³-hybridized carbons (Fsp3) is 0.538. The molecular formula is C13H22N4O. The third-order valence-electron chi connectivity index (χ3n) is 2.78. The minimum absolute atomic E-state index is 0.137. The van der Waals surface area contributed by atoms with Crippen LogP contribution in [0.15, 0.2) is 18.3 Å². The van der Waals surface area contributed by atoms with Crippen LogP contribution in [0.2, 0.25) is 0 Å². The molecule has 0 bridgehead atoms. The summed E-state index contributed by atoms with van der Waals surface area (Å²) in [7, 11) is 0. The summed E-state index contributed by atoms with van der Waals surface area (Å²) in [5, 5.41) is 2.94. The smallest absolute Gasteiger partial charge is 0.270 e. The molecule has 1 unspecified atom stereocenters. The van der Waals surface area contributed by atoms with Crippen molar-refractivity contribution in [2.45, 2.75) is 45.6 Å². The molecule has 1 rings (SSSR count). The van der Waals surface area contributed by atoms with E-state index in [1.54, 1.807) is 12.1 Å². The highest BCUT2D eigenvalue weighted by Crippen LogP contribution is 2.06. The van der Waals surface area contributed by atoms with Gasteiger partial charge >= 0.3 is 0 Å². The molecule has 0 aliphatic carbocycles. The first kappa shape index (κ1) is 14.4. The number of nitrogen functional groups attached to an aromatic ring is 1. The number of aromatic nitrogens is 1. The normalized spacial score (nSPS) is 11.9. The largest absolute Gasteiger partial charge is 0.348 e. The van der Waals surface area contributed by atoms with Gasteiger partial charge in [-0.25, -0.2) is 4.98 Å². The summed E-state index contributed by atoms with van der Waals surface area (Å²) in [6.07, 6.45) is 6.07. The van der Waals surface area contributed by atoms with E-state index in [9.17, 15) is 4.79 Å². The van der Waals surface area contributed by atoms with E-state index in [0.29, 0.717) is 11.4 Å². The quantitative estimate of drug-likeness (QED) is 0.393. The van der Waals surface area contributed by atoms with Crippen LogP contribution in [0, 0.1) is 0 Å². The highest BCUT2D eigenvalue weighted by Gasteiger charge is 2.10. The van der Waals surface area contributed by atoms with Crippen LogP contribution in [0.5, 0.6) is 0 Å². The predicted octanol–water partition coefficient (Wildman–Crippen LogP) is 2.07. The van der Waals surface area contributed by atoms with E-state index in [0.717, 1.165) is 12.8 Å². The van der Waals surface area contributed by atoms with Gasteiger partial charge in [-0.3, -0.25) is 10.6 Å². The van der Waals surface area contributed by atoms with Crippen LogP contribution < -0.4 is 16.6 Å². The molecule has 100 valence electrons. The van der Waals surface area contributed by atoms with Crippen LogP contribution in [0.1, 0.15) is 50.0 Å². The molecule has 18 heavy (non-hydrogen) atoms. The van der Waals surface area contributed by atoms with Gasteiger partial charge in [-0.1, -0.05) is 26.2 Å². The van der Waals surface area contributed by atoms with Crippen LogP contribution in [-0.4, -0.2) is 16.9 Å². The minimum atomic E-state index is -0.137. The summed E-state index contributed by atoms with van der Waals surface area (Å²) in [6.45, 7) is 4.18. The molecule has 0 saturated carbocycles. The van der Waals surface area contributed by atoms with E-state index in [2.05, 4.69) is 22.7 Å². The molecule has 0 spiro atoms. The summed E-state index contributed by atoms with van der Waals surface area (Å²) in [5.74, 6) is 5.10. The second-order valence-corrected chi connectivity index (χ2v) is 4.45. The van der Waals surface area contributed by atoms with Gasteiger partial charge in [0.05, 0.1) is 11.9 Å². The summed E-state index contributed by atoms with van der Waals surface area (Å²) in [6, 6.07) is 3.56. The first-order valence-corrected chi connectivity index (χ1v) is 6.41. The lowest BCUT2D eigenvalue weighted by Gasteiger charge is -2.13. The van der Waals surface area contributed by atoms with Crippen LogP contribution in [0.3, 0.4) is 0 Å². The number of carbonyl (C=O) groups excluding carboxylic acids is 1. The molecule has 0 aromatic carbocycles. The molecular weight excluding hydrogens is 228 g/mol. The highest BCUT2D eigenvalue weighted by atomic mass is 16.1. The number of nitrogens with one attached hydrogen (secondary N) is 2. The number of carbonyl (C=O) groups is 1. The van der Waals surface area contributed by atoms with Gasteiger partial charge in [0.1, 0.15) is 5.69 Å². The van der Waals surface area contributed by atoms with Crippen molar-refractivity contribution >= 4 is 11.6 Å². The van der Waals surface area contributed by atoms with Crippen molar-refractivity contribution < 1.29 is 4.79 Å². The molecule has 1 amide bonds. The third kappa shape index (κ3) is 4.71. The molecule has 0 aliphatic rings. The zero-order valence-corrected chi connectivity index (χ0v) is 11.1. The van der Waals surface area contributed by atoms with Crippen molar-refractivity contribution in [3.05, 3.63) is 24.0 Å². The van der Waals surface area contributed by atoms with Crippen LogP contribution in [0.4, 0.5) is 5.69 Å². The Morgan fingerprint density at radius 1 is 1.44 bits per heavy atom. The average molecular weight is 250 g/mol. The molecule has 0 saturated heterocycles. The fourth-order valence-electron chi connectivity index (χ4n) is 1.68. The van der Waals surface area contributed by atoms with Crippen molar-refractivity contribution in [3.63, 3.8) is 0 Å². The van der Waals surface area contributed by atoms with Gasteiger partial charge < -0.3 is 10.7 Å². The summed E-state index contributed by atoms with van der Waals surface area (Å²) in [5.41, 5.74) is 3.57. The Labute approximate surface area is 108 Å². The van der Waals surface area contributed by atoms with Crippen molar-refractivity contribution in [2.24, 2.45) is 5.84 Å². The maximum atomic E-state index is 11.9. The van der Waals surface area contributed by atoms with Crippen LogP contribution in [-0.2, 0) is 0 Å². The summed E-state index contributed by atoms with van der Waals surface area (Å²) in [4.78, 5) is 15.9. The fourth-order valence-corrected chi connectivity index (χ4v) is 1.68. The van der Waals surface area contributed by atoms with E-state index in [1.165, 1.54) is 19.0 Å². The van der Waals surface area contributed by atoms with Gasteiger partial charge in [-0.15, -0.1) is 0 Å². The first-order chi connectivity index (χ1) is 8.67. The lowest BCUT2D eigenvalue weighted by Crippen LogP contribution is -2.33. The maximum Gasteiger partial charge on any atom is 0.270 e. The van der Waals surface area contributed by atoms with Crippen molar-refractivity contribution in [3.8, 4) is 0 Å². The van der Waals surface area contributed by atoms with E-state index in [1.807, 2.05) is 6.92 Å². The maximum absolute atomic E-state index is 11.9. The lowest BCUT2D eigenvalue weighted by molar-refractivity contribution is 0.0933. The number of amides is 1. The van der Waals surface area contributed by atoms with Gasteiger partial charge in [0.15, 0.2) is 0 Å². The minimum Gasteiger partial charge on any atom is -0.348 e. The number of anilines is 1. The third-order valence-corrected chi connectivity index (χ3v) is 2.78. The number of unbranched alkanes of at least 4 members (excludes halogenated alkanes) is 2. The van der Waals surface area contributed by atoms with Crippen LogP contribution in [0.25, 0.3) is 0 Å². The second-order valence-electron chi connectivity index (χ2n) is 4.45. The van der Waals surface area contributed by atoms with Gasteiger partial charge in [-0.2, -0.15) is 0 Å². The average Bonchev–Trinajstić information content (AvgIpc) is 2.39. The molecule has 1 aromatic rings. The van der Waals surface area contributed by atoms with E-state index >= 15 is 0 Å². The Hall–Kier alpha value is -1.62. The highest BCUT2D eigenvalue weighted by molar-refractivity contribution is 5.92. The molecule has 0 aliphatic heterocycles. The van der Waals surface area contributed by atoms with Crippen molar-refractivity contribution in [2.75, 3.05) is 5.43 Å². The Morgan fingerprint density at radius 2 is 2.22 bits per heavy atom. The standard InChI is InChI=1S/C13H22N4O/c1-3-4-5-6-10(2)16-13(18)12-8-7-11(17-14)9-15-12/h7-10,17H,3-6,14H2,1-2H3,(H,16,18). The zero-order chi connectivity index (χ0) is 13.4. The van der Waals surface area contributed by atoms with Crippen molar-refractivity contribution in [1.82, 2.24) is 10.3 Å². The lowest BCUT2D eigenvalue weighted by atomic mass is 10.1. The van der Waals surface area contributed by atoms with E-state index in [4.69, 9.17) is 5.84 Å². The topological polar surface area (TPSA) is 80.0 Å². The molecule has 0 fully saturated rings.